The number of nitrogens with zero attached hydrogens (tertiary/aromatic N) is 1. The number of rotatable bonds is 6. The number of sulfonamides is 1. The minimum absolute atomic E-state index is 0.0353. The second kappa shape index (κ2) is 7.43. The molecule has 0 fully saturated rings. The lowest BCUT2D eigenvalue weighted by molar-refractivity contribution is 0.240. The fourth-order valence-corrected chi connectivity index (χ4v) is 3.83. The van der Waals surface area contributed by atoms with Crippen molar-refractivity contribution < 1.29 is 13.2 Å². The van der Waals surface area contributed by atoms with Gasteiger partial charge in [0.05, 0.1) is 16.5 Å². The number of ether oxygens (including phenoxy) is 1. The van der Waals surface area contributed by atoms with Gasteiger partial charge in [0.25, 0.3) is 0 Å². The van der Waals surface area contributed by atoms with E-state index in [-0.39, 0.29) is 17.5 Å². The number of nitrogens with one attached hydrogen (secondary N) is 1. The van der Waals surface area contributed by atoms with E-state index in [9.17, 15) is 8.42 Å². The first-order chi connectivity index (χ1) is 12.4. The zero-order valence-corrected chi connectivity index (χ0v) is 15.9. The number of benzene rings is 2. The van der Waals surface area contributed by atoms with Gasteiger partial charge in [-0.3, -0.25) is 4.98 Å². The van der Waals surface area contributed by atoms with Gasteiger partial charge >= 0.3 is 0 Å². The molecule has 3 rings (SSSR count). The molecule has 0 spiro atoms. The standard InChI is InChI=1S/C20H22N2O3S/c1-14(2)25-19-10-9-18(12-15(19)3)26(23,24)22-13-17-7-4-6-16-8-5-11-21-20(16)17/h4-12,14,22H,13H2,1-3H3. The van der Waals surface area contributed by atoms with Gasteiger partial charge in [-0.1, -0.05) is 24.3 Å². The maximum absolute atomic E-state index is 12.7. The topological polar surface area (TPSA) is 68.3 Å². The van der Waals surface area contributed by atoms with Gasteiger partial charge in [0, 0.05) is 18.1 Å². The monoisotopic (exact) mass is 370 g/mol. The zero-order valence-electron chi connectivity index (χ0n) is 15.1. The van der Waals surface area contributed by atoms with Crippen molar-refractivity contribution in [2.24, 2.45) is 0 Å². The summed E-state index contributed by atoms with van der Waals surface area (Å²) in [6.07, 6.45) is 1.74. The van der Waals surface area contributed by atoms with Crippen molar-refractivity contribution in [3.63, 3.8) is 0 Å². The number of pyridine rings is 1. The van der Waals surface area contributed by atoms with E-state index in [1.165, 1.54) is 0 Å². The summed E-state index contributed by atoms with van der Waals surface area (Å²) in [4.78, 5) is 4.58. The Kier molecular flexibility index (Phi) is 5.25. The predicted molar refractivity (Wildman–Crippen MR) is 103 cm³/mol. The second-order valence-corrected chi connectivity index (χ2v) is 8.18. The summed E-state index contributed by atoms with van der Waals surface area (Å²) in [7, 11) is -3.63. The summed E-state index contributed by atoms with van der Waals surface area (Å²) in [5.74, 6) is 0.692. The number of hydrogen-bond acceptors (Lipinski definition) is 4. The van der Waals surface area contributed by atoms with Crippen LogP contribution in [0.25, 0.3) is 10.9 Å². The summed E-state index contributed by atoms with van der Waals surface area (Å²) in [5.41, 5.74) is 2.42. The largest absolute Gasteiger partial charge is 0.491 e. The van der Waals surface area contributed by atoms with Crippen LogP contribution >= 0.6 is 0 Å². The van der Waals surface area contributed by atoms with Crippen LogP contribution < -0.4 is 9.46 Å². The predicted octanol–water partition coefficient (Wildman–Crippen LogP) is 3.81. The molecule has 1 aromatic heterocycles. The lowest BCUT2D eigenvalue weighted by atomic mass is 10.1. The van der Waals surface area contributed by atoms with Crippen LogP contribution in [0.1, 0.15) is 25.0 Å². The normalized spacial score (nSPS) is 11.8. The van der Waals surface area contributed by atoms with Crippen molar-refractivity contribution in [3.8, 4) is 5.75 Å². The highest BCUT2D eigenvalue weighted by atomic mass is 32.2. The Balaban J connectivity index is 1.82. The van der Waals surface area contributed by atoms with Crippen molar-refractivity contribution in [1.82, 2.24) is 9.71 Å². The molecule has 1 heterocycles. The molecule has 0 amide bonds. The summed E-state index contributed by atoms with van der Waals surface area (Å²) in [5, 5.41) is 0.982. The number of para-hydroxylation sites is 1. The second-order valence-electron chi connectivity index (χ2n) is 6.41. The van der Waals surface area contributed by atoms with Crippen molar-refractivity contribution in [1.29, 1.82) is 0 Å². The lowest BCUT2D eigenvalue weighted by Gasteiger charge is -2.14. The molecule has 136 valence electrons. The Morgan fingerprint density at radius 3 is 2.62 bits per heavy atom. The molecule has 1 N–H and O–H groups in total. The lowest BCUT2D eigenvalue weighted by Crippen LogP contribution is -2.23. The van der Waals surface area contributed by atoms with Crippen LogP contribution in [0.4, 0.5) is 0 Å². The maximum atomic E-state index is 12.7. The van der Waals surface area contributed by atoms with Crippen LogP contribution in [-0.4, -0.2) is 19.5 Å². The molecule has 5 nitrogen and oxygen atoms in total. The summed E-state index contributed by atoms with van der Waals surface area (Å²) < 4.78 is 33.6. The van der Waals surface area contributed by atoms with E-state index in [0.29, 0.717) is 5.75 Å². The molecule has 0 saturated carbocycles. The fourth-order valence-electron chi connectivity index (χ4n) is 2.74. The van der Waals surface area contributed by atoms with Gasteiger partial charge in [-0.05, 0) is 56.2 Å². The van der Waals surface area contributed by atoms with E-state index in [0.717, 1.165) is 22.0 Å². The van der Waals surface area contributed by atoms with Gasteiger partial charge in [-0.2, -0.15) is 0 Å². The molecular formula is C20H22N2O3S. The smallest absolute Gasteiger partial charge is 0.240 e. The molecule has 0 atom stereocenters. The first kappa shape index (κ1) is 18.4. The molecule has 26 heavy (non-hydrogen) atoms. The maximum Gasteiger partial charge on any atom is 0.240 e. The van der Waals surface area contributed by atoms with Crippen molar-refractivity contribution >= 4 is 20.9 Å². The minimum Gasteiger partial charge on any atom is -0.491 e. The Labute approximate surface area is 154 Å². The van der Waals surface area contributed by atoms with Crippen LogP contribution in [0.3, 0.4) is 0 Å². The van der Waals surface area contributed by atoms with E-state index in [1.807, 2.05) is 51.1 Å². The minimum atomic E-state index is -3.63. The summed E-state index contributed by atoms with van der Waals surface area (Å²) >= 11 is 0. The van der Waals surface area contributed by atoms with Gasteiger partial charge < -0.3 is 4.74 Å². The SMILES string of the molecule is Cc1cc(S(=O)(=O)NCc2cccc3cccnc23)ccc1OC(C)C. The highest BCUT2D eigenvalue weighted by molar-refractivity contribution is 7.89. The third-order valence-electron chi connectivity index (χ3n) is 3.99. The van der Waals surface area contributed by atoms with E-state index < -0.39 is 10.0 Å². The van der Waals surface area contributed by atoms with Gasteiger partial charge in [0.15, 0.2) is 0 Å². The molecule has 3 aromatic rings. The Hall–Kier alpha value is -2.44. The van der Waals surface area contributed by atoms with Gasteiger partial charge in [0.1, 0.15) is 5.75 Å². The molecule has 0 bridgehead atoms. The zero-order chi connectivity index (χ0) is 18.7. The van der Waals surface area contributed by atoms with Crippen LogP contribution in [0.15, 0.2) is 59.6 Å². The molecular weight excluding hydrogens is 348 g/mol. The average molecular weight is 370 g/mol. The van der Waals surface area contributed by atoms with Crippen molar-refractivity contribution in [3.05, 3.63) is 65.9 Å². The summed E-state index contributed by atoms with van der Waals surface area (Å²) in [6.45, 7) is 5.89. The highest BCUT2D eigenvalue weighted by Gasteiger charge is 2.16. The first-order valence-corrected chi connectivity index (χ1v) is 9.95. The number of aromatic nitrogens is 1. The fraction of sp³-hybridized carbons (Fsp3) is 0.250. The number of fused-ring (bicyclic) bond motifs is 1. The molecule has 0 unspecified atom stereocenters. The van der Waals surface area contributed by atoms with E-state index in [1.54, 1.807) is 24.4 Å². The number of aryl methyl sites for hydroxylation is 1. The van der Waals surface area contributed by atoms with Crippen LogP contribution in [0, 0.1) is 6.92 Å². The van der Waals surface area contributed by atoms with Crippen LogP contribution in [0.2, 0.25) is 0 Å². The molecule has 0 aliphatic heterocycles. The molecule has 0 aliphatic carbocycles. The van der Waals surface area contributed by atoms with Gasteiger partial charge in [0.2, 0.25) is 10.0 Å². The quantitative estimate of drug-likeness (QED) is 0.716. The van der Waals surface area contributed by atoms with Gasteiger partial charge in [-0.15, -0.1) is 0 Å². The molecule has 6 heteroatoms. The summed E-state index contributed by atoms with van der Waals surface area (Å²) in [6, 6.07) is 14.4. The van der Waals surface area contributed by atoms with Gasteiger partial charge in [-0.25, -0.2) is 13.1 Å². The van der Waals surface area contributed by atoms with E-state index in [4.69, 9.17) is 4.74 Å². The first-order valence-electron chi connectivity index (χ1n) is 8.46. The third-order valence-corrected chi connectivity index (χ3v) is 5.39. The van der Waals surface area contributed by atoms with Crippen molar-refractivity contribution in [2.75, 3.05) is 0 Å². The third kappa shape index (κ3) is 4.03. The van der Waals surface area contributed by atoms with E-state index >= 15 is 0 Å². The van der Waals surface area contributed by atoms with E-state index in [2.05, 4.69) is 9.71 Å². The molecule has 2 aromatic carbocycles. The molecule has 0 aliphatic rings. The Morgan fingerprint density at radius 1 is 1.12 bits per heavy atom. The molecule has 0 radical (unpaired) electrons. The van der Waals surface area contributed by atoms with Crippen LogP contribution in [0.5, 0.6) is 5.75 Å². The van der Waals surface area contributed by atoms with Crippen LogP contribution in [-0.2, 0) is 16.6 Å². The highest BCUT2D eigenvalue weighted by Crippen LogP contribution is 2.23. The number of hydrogen-bond donors (Lipinski definition) is 1. The van der Waals surface area contributed by atoms with Crippen molar-refractivity contribution in [2.45, 2.75) is 38.3 Å². The average Bonchev–Trinajstić information content (AvgIpc) is 2.61. The molecule has 0 saturated heterocycles. The Morgan fingerprint density at radius 2 is 1.88 bits per heavy atom. The Bertz CT molecular complexity index is 1020.